The lowest BCUT2D eigenvalue weighted by atomic mass is 10.0. The number of esters is 1. The van der Waals surface area contributed by atoms with Crippen molar-refractivity contribution in [1.29, 1.82) is 0 Å². The number of alkyl carbamates (subject to hydrolysis) is 1. The van der Waals surface area contributed by atoms with E-state index < -0.39 is 63.3 Å². The lowest BCUT2D eigenvalue weighted by Crippen LogP contribution is -2.56. The minimum absolute atomic E-state index is 0.0794. The first-order chi connectivity index (χ1) is 21.1. The molecule has 2 N–H and O–H groups in total. The van der Waals surface area contributed by atoms with Crippen molar-refractivity contribution >= 4 is 49.9 Å². The van der Waals surface area contributed by atoms with Crippen LogP contribution >= 0.6 is 15.9 Å². The van der Waals surface area contributed by atoms with Crippen LogP contribution in [0.2, 0.25) is 0 Å². The molecule has 2 fully saturated rings. The molecule has 45 heavy (non-hydrogen) atoms. The minimum Gasteiger partial charge on any atom is -0.464 e. The Morgan fingerprint density at radius 3 is 2.51 bits per heavy atom. The number of carbonyl (C=O) groups excluding carboxylic acids is 4. The highest BCUT2D eigenvalue weighted by Gasteiger charge is 2.62. The fraction of sp³-hybridized carbons (Fsp3) is 0.613. The molecular formula is C31H42BrN3O9S. The third-order valence-corrected chi connectivity index (χ3v) is 9.84. The van der Waals surface area contributed by atoms with Crippen molar-refractivity contribution in [2.75, 3.05) is 13.2 Å². The third kappa shape index (κ3) is 8.85. The zero-order valence-corrected chi connectivity index (χ0v) is 28.4. The molecule has 3 amide bonds. The molecule has 12 nitrogen and oxygen atoms in total. The van der Waals surface area contributed by atoms with Gasteiger partial charge in [0.1, 0.15) is 23.2 Å². The van der Waals surface area contributed by atoms with Crippen LogP contribution in [0.5, 0.6) is 0 Å². The van der Waals surface area contributed by atoms with Crippen molar-refractivity contribution in [3.8, 4) is 0 Å². The van der Waals surface area contributed by atoms with E-state index in [1.165, 1.54) is 17.0 Å². The Hall–Kier alpha value is -2.97. The van der Waals surface area contributed by atoms with Crippen LogP contribution in [0.1, 0.15) is 72.6 Å². The number of nitrogens with zero attached hydrogens (tertiary/aromatic N) is 1. The highest BCUT2D eigenvalue weighted by molar-refractivity contribution is 9.10. The monoisotopic (exact) mass is 711 g/mol. The van der Waals surface area contributed by atoms with Crippen LogP contribution in [0.15, 0.2) is 45.8 Å². The number of benzene rings is 1. The van der Waals surface area contributed by atoms with E-state index in [0.29, 0.717) is 17.3 Å². The molecule has 14 heteroatoms. The number of ether oxygens (including phenoxy) is 2. The Labute approximate surface area is 272 Å². The van der Waals surface area contributed by atoms with E-state index in [1.807, 2.05) is 12.2 Å². The van der Waals surface area contributed by atoms with Crippen molar-refractivity contribution in [2.24, 2.45) is 5.92 Å². The molecule has 1 aromatic carbocycles. The molecule has 2 aliphatic heterocycles. The van der Waals surface area contributed by atoms with Crippen molar-refractivity contribution in [1.82, 2.24) is 15.5 Å². The molecule has 248 valence electrons. The number of carbonyl (C=O) groups is 4. The molecular weight excluding hydrogens is 670 g/mol. The SMILES string of the molecule is CCOC(=O)[C@@]12C[C@H]1/C=C\CCCCC[C@H](NC(=O)OC(C)(C)C)C(=O)N1C[C@@H](OS(=O)(=O)c3ccc(Br)cc3)C[C@H]1C(=O)N2. The van der Waals surface area contributed by atoms with Crippen LogP contribution in [0.25, 0.3) is 0 Å². The first kappa shape index (κ1) is 34.9. The van der Waals surface area contributed by atoms with Gasteiger partial charge in [-0.05, 0) is 77.6 Å². The van der Waals surface area contributed by atoms with Crippen LogP contribution in [-0.2, 0) is 38.2 Å². The molecule has 1 saturated carbocycles. The largest absolute Gasteiger partial charge is 0.464 e. The maximum absolute atomic E-state index is 14.1. The molecule has 2 heterocycles. The normalized spacial score (nSPS) is 28.4. The van der Waals surface area contributed by atoms with Gasteiger partial charge in [-0.25, -0.2) is 9.59 Å². The summed E-state index contributed by atoms with van der Waals surface area (Å²) in [5, 5.41) is 5.50. The summed E-state index contributed by atoms with van der Waals surface area (Å²) in [6.07, 6.45) is 5.49. The summed E-state index contributed by atoms with van der Waals surface area (Å²) < 4.78 is 43.2. The second kappa shape index (κ2) is 14.2. The van der Waals surface area contributed by atoms with Gasteiger partial charge in [-0.15, -0.1) is 0 Å². The summed E-state index contributed by atoms with van der Waals surface area (Å²) in [7, 11) is -4.25. The van der Waals surface area contributed by atoms with Crippen LogP contribution < -0.4 is 10.6 Å². The fourth-order valence-corrected chi connectivity index (χ4v) is 7.01. The Bertz CT molecular complexity index is 1410. The summed E-state index contributed by atoms with van der Waals surface area (Å²) in [4.78, 5) is 55.0. The highest BCUT2D eigenvalue weighted by Crippen LogP contribution is 2.46. The van der Waals surface area contributed by atoms with Crippen LogP contribution in [0.4, 0.5) is 4.79 Å². The van der Waals surface area contributed by atoms with E-state index in [0.717, 1.165) is 19.3 Å². The maximum atomic E-state index is 14.1. The smallest absolute Gasteiger partial charge is 0.408 e. The van der Waals surface area contributed by atoms with Crippen molar-refractivity contribution in [2.45, 2.75) is 107 Å². The van der Waals surface area contributed by atoms with Gasteiger partial charge in [0.2, 0.25) is 11.8 Å². The second-order valence-corrected chi connectivity index (χ2v) is 15.1. The third-order valence-electron chi connectivity index (χ3n) is 7.94. The lowest BCUT2D eigenvalue weighted by Gasteiger charge is -2.30. The van der Waals surface area contributed by atoms with Crippen molar-refractivity contribution in [3.63, 3.8) is 0 Å². The summed E-state index contributed by atoms with van der Waals surface area (Å²) in [5.74, 6) is -2.05. The lowest BCUT2D eigenvalue weighted by molar-refractivity contribution is -0.150. The summed E-state index contributed by atoms with van der Waals surface area (Å²) in [6.45, 7) is 6.70. The van der Waals surface area contributed by atoms with Gasteiger partial charge in [0.25, 0.3) is 10.1 Å². The number of rotatable bonds is 6. The molecule has 0 spiro atoms. The number of halogens is 1. The quantitative estimate of drug-likeness (QED) is 0.253. The Morgan fingerprint density at radius 1 is 1.13 bits per heavy atom. The zero-order chi connectivity index (χ0) is 33.0. The van der Waals surface area contributed by atoms with E-state index in [-0.39, 0.29) is 36.8 Å². The first-order valence-corrected chi connectivity index (χ1v) is 17.5. The maximum Gasteiger partial charge on any atom is 0.408 e. The summed E-state index contributed by atoms with van der Waals surface area (Å²) in [5.41, 5.74) is -2.09. The molecule has 1 aliphatic carbocycles. The van der Waals surface area contributed by atoms with E-state index in [4.69, 9.17) is 13.7 Å². The van der Waals surface area contributed by atoms with Gasteiger partial charge in [-0.3, -0.25) is 13.8 Å². The fourth-order valence-electron chi connectivity index (χ4n) is 5.66. The Kier molecular flexibility index (Phi) is 11.0. The average molecular weight is 713 g/mol. The number of nitrogens with one attached hydrogen (secondary N) is 2. The summed E-state index contributed by atoms with van der Waals surface area (Å²) >= 11 is 3.28. The molecule has 3 aliphatic rings. The van der Waals surface area contributed by atoms with Crippen LogP contribution in [0.3, 0.4) is 0 Å². The highest BCUT2D eigenvalue weighted by atomic mass is 79.9. The zero-order valence-electron chi connectivity index (χ0n) is 26.0. The van der Waals surface area contributed by atoms with Crippen molar-refractivity contribution in [3.05, 3.63) is 40.9 Å². The predicted octanol–water partition coefficient (Wildman–Crippen LogP) is 3.98. The van der Waals surface area contributed by atoms with Gasteiger partial charge in [0.05, 0.1) is 17.6 Å². The number of hydrogen-bond donors (Lipinski definition) is 2. The number of hydrogen-bond acceptors (Lipinski definition) is 9. The topological polar surface area (TPSA) is 157 Å². The van der Waals surface area contributed by atoms with Crippen molar-refractivity contribution < 1.29 is 41.3 Å². The molecule has 0 radical (unpaired) electrons. The molecule has 5 atom stereocenters. The molecule has 0 aromatic heterocycles. The van der Waals surface area contributed by atoms with E-state index >= 15 is 0 Å². The van der Waals surface area contributed by atoms with Gasteiger partial charge in [-0.1, -0.05) is 40.9 Å². The standard InChI is InChI=1S/C31H42BrN3O9S/c1-5-42-28(38)31-18-20(31)11-9-7-6-8-10-12-24(33-29(39)43-30(2,3)4)27(37)35-19-22(17-25(35)26(36)34-31)44-45(40,41)23-15-13-21(32)14-16-23/h9,11,13-16,20,22,24-25H,5-8,10,12,17-19H2,1-4H3,(H,33,39)(H,34,36)/b11-9-/t20-,22+,24+,25+,31-/m1/s1. The van der Waals surface area contributed by atoms with Gasteiger partial charge in [-0.2, -0.15) is 8.42 Å². The molecule has 0 unspecified atom stereocenters. The number of fused-ring (bicyclic) bond motifs is 2. The van der Waals surface area contributed by atoms with Crippen LogP contribution in [-0.4, -0.2) is 79.7 Å². The summed E-state index contributed by atoms with van der Waals surface area (Å²) in [6, 6.07) is 3.69. The molecule has 0 bridgehead atoms. The molecule has 4 rings (SSSR count). The van der Waals surface area contributed by atoms with E-state index in [9.17, 15) is 27.6 Å². The van der Waals surface area contributed by atoms with Gasteiger partial charge in [0, 0.05) is 23.4 Å². The first-order valence-electron chi connectivity index (χ1n) is 15.3. The van der Waals surface area contributed by atoms with E-state index in [1.54, 1.807) is 39.8 Å². The minimum atomic E-state index is -4.25. The molecule has 1 saturated heterocycles. The van der Waals surface area contributed by atoms with Gasteiger partial charge < -0.3 is 25.0 Å². The Balaban J connectivity index is 1.65. The number of allylic oxidation sites excluding steroid dienone is 1. The molecule has 1 aromatic rings. The van der Waals surface area contributed by atoms with Crippen LogP contribution in [0, 0.1) is 5.92 Å². The predicted molar refractivity (Wildman–Crippen MR) is 167 cm³/mol. The van der Waals surface area contributed by atoms with Gasteiger partial charge >= 0.3 is 12.1 Å². The number of amides is 3. The average Bonchev–Trinajstić information content (AvgIpc) is 3.48. The second-order valence-electron chi connectivity index (χ2n) is 12.6. The Morgan fingerprint density at radius 2 is 1.84 bits per heavy atom. The van der Waals surface area contributed by atoms with Gasteiger partial charge in [0.15, 0.2) is 0 Å². The van der Waals surface area contributed by atoms with E-state index in [2.05, 4.69) is 26.6 Å².